The van der Waals surface area contributed by atoms with Crippen molar-refractivity contribution in [3.63, 3.8) is 0 Å². The number of aryl methyl sites for hydroxylation is 1. The van der Waals surface area contributed by atoms with Crippen LogP contribution in [0.25, 0.3) is 0 Å². The Morgan fingerprint density at radius 3 is 2.56 bits per heavy atom. The van der Waals surface area contributed by atoms with Crippen molar-refractivity contribution in [2.24, 2.45) is 11.8 Å². The molecule has 2 fully saturated rings. The van der Waals surface area contributed by atoms with E-state index in [-0.39, 0.29) is 6.04 Å². The zero-order valence-electron chi connectivity index (χ0n) is 18.6. The van der Waals surface area contributed by atoms with E-state index >= 15 is 0 Å². The number of hydrogen-bond donors (Lipinski definition) is 1. The fraction of sp³-hybridized carbons (Fsp3) is 0.478. The lowest BCUT2D eigenvalue weighted by molar-refractivity contribution is 0.373. The number of ether oxygens (including phenoxy) is 1. The summed E-state index contributed by atoms with van der Waals surface area (Å²) in [4.78, 5) is 15.8. The molecule has 1 unspecified atom stereocenters. The monoisotopic (exact) mass is 453 g/mol. The molecule has 0 spiro atoms. The molecule has 1 saturated carbocycles. The fourth-order valence-electron chi connectivity index (χ4n) is 4.81. The maximum absolute atomic E-state index is 6.28. The number of halogens is 1. The van der Waals surface area contributed by atoms with Crippen molar-refractivity contribution in [1.82, 2.24) is 24.7 Å². The van der Waals surface area contributed by atoms with E-state index in [9.17, 15) is 0 Å². The van der Waals surface area contributed by atoms with E-state index in [1.54, 1.807) is 17.1 Å². The number of nitrogens with zero attached hydrogens (tertiary/aromatic N) is 6. The average Bonchev–Trinajstić information content (AvgIpc) is 3.26. The van der Waals surface area contributed by atoms with Crippen LogP contribution in [0.4, 0.5) is 11.8 Å². The lowest BCUT2D eigenvalue weighted by Crippen LogP contribution is -2.48. The Kier molecular flexibility index (Phi) is 5.63. The number of benzene rings is 1. The number of nitrogens with one attached hydrogen (secondary N) is 1. The van der Waals surface area contributed by atoms with Gasteiger partial charge in [-0.05, 0) is 57.6 Å². The molecular formula is C23H28ClN7O. The topological polar surface area (TPSA) is 81.0 Å². The number of aromatic nitrogens is 5. The van der Waals surface area contributed by atoms with Gasteiger partial charge in [-0.2, -0.15) is 4.98 Å². The second-order valence-corrected chi connectivity index (χ2v) is 9.39. The Morgan fingerprint density at radius 2 is 1.88 bits per heavy atom. The van der Waals surface area contributed by atoms with E-state index in [4.69, 9.17) is 21.4 Å². The minimum absolute atomic E-state index is 0.107. The van der Waals surface area contributed by atoms with Gasteiger partial charge in [-0.1, -0.05) is 23.7 Å². The third-order valence-corrected chi connectivity index (χ3v) is 6.68. The Labute approximate surface area is 193 Å². The van der Waals surface area contributed by atoms with Crippen LogP contribution in [0.15, 0.2) is 36.7 Å². The molecule has 1 aliphatic carbocycles. The summed E-state index contributed by atoms with van der Waals surface area (Å²) in [6.45, 7) is 8.07. The maximum atomic E-state index is 6.28. The van der Waals surface area contributed by atoms with Gasteiger partial charge >= 0.3 is 6.01 Å². The molecule has 1 aliphatic heterocycles. The summed E-state index contributed by atoms with van der Waals surface area (Å²) in [5.74, 6) is 3.23. The Morgan fingerprint density at radius 1 is 1.12 bits per heavy atom. The van der Waals surface area contributed by atoms with E-state index in [0.717, 1.165) is 24.6 Å². The Hall–Kier alpha value is -2.87. The molecule has 2 aromatic heterocycles. The molecule has 1 saturated heterocycles. The quantitative estimate of drug-likeness (QED) is 0.577. The molecule has 2 aliphatic rings. The molecule has 1 N–H and O–H groups in total. The van der Waals surface area contributed by atoms with Crippen LogP contribution in [0.2, 0.25) is 5.02 Å². The smallest absolute Gasteiger partial charge is 0.322 e. The second kappa shape index (κ2) is 8.58. The molecule has 8 nitrogen and oxygen atoms in total. The largest absolute Gasteiger partial charge is 0.423 e. The predicted molar refractivity (Wildman–Crippen MR) is 125 cm³/mol. The molecule has 168 valence electrons. The van der Waals surface area contributed by atoms with Crippen LogP contribution < -0.4 is 15.0 Å². The van der Waals surface area contributed by atoms with E-state index < -0.39 is 0 Å². The molecule has 5 rings (SSSR count). The van der Waals surface area contributed by atoms with E-state index in [0.29, 0.717) is 40.6 Å². The van der Waals surface area contributed by atoms with Gasteiger partial charge in [0.05, 0.1) is 11.1 Å². The number of piperidine rings is 1. The predicted octanol–water partition coefficient (Wildman–Crippen LogP) is 4.73. The normalized spacial score (nSPS) is 22.4. The van der Waals surface area contributed by atoms with Crippen molar-refractivity contribution < 1.29 is 4.74 Å². The van der Waals surface area contributed by atoms with Crippen LogP contribution in [0.3, 0.4) is 0 Å². The van der Waals surface area contributed by atoms with Crippen LogP contribution in [-0.4, -0.2) is 43.9 Å². The highest BCUT2D eigenvalue weighted by Crippen LogP contribution is 2.40. The van der Waals surface area contributed by atoms with Crippen LogP contribution in [0.5, 0.6) is 11.8 Å². The minimum Gasteiger partial charge on any atom is -0.423 e. The third-order valence-electron chi connectivity index (χ3n) is 6.37. The van der Waals surface area contributed by atoms with Gasteiger partial charge in [-0.3, -0.25) is 0 Å². The Bertz CT molecular complexity index is 1090. The highest BCUT2D eigenvalue weighted by atomic mass is 35.5. The molecule has 3 heterocycles. The molecule has 0 amide bonds. The molecule has 1 aromatic carbocycles. The third kappa shape index (κ3) is 4.11. The first kappa shape index (κ1) is 21.0. The molecule has 3 aromatic rings. The first-order chi connectivity index (χ1) is 15.5. The molecule has 32 heavy (non-hydrogen) atoms. The van der Waals surface area contributed by atoms with Crippen LogP contribution in [-0.2, 0) is 0 Å². The lowest BCUT2D eigenvalue weighted by Gasteiger charge is -2.38. The van der Waals surface area contributed by atoms with Gasteiger partial charge in [0.1, 0.15) is 17.9 Å². The lowest BCUT2D eigenvalue weighted by atomic mass is 9.92. The van der Waals surface area contributed by atoms with E-state index in [1.807, 2.05) is 25.1 Å². The molecule has 9 heteroatoms. The van der Waals surface area contributed by atoms with Crippen LogP contribution in [0, 0.1) is 18.8 Å². The SMILES string of the molecule is Cc1cc(N2C[C@H]3CC[C@@H](C2)C3Nc2nc(Oc3ccccc3Cl)n(C(C)C)n2)ncn1. The number of hydrogen-bond acceptors (Lipinski definition) is 7. The van der Waals surface area contributed by atoms with Crippen LogP contribution in [0.1, 0.15) is 38.4 Å². The van der Waals surface area contributed by atoms with Gasteiger partial charge in [0.25, 0.3) is 0 Å². The van der Waals surface area contributed by atoms with Crippen molar-refractivity contribution in [2.45, 2.75) is 45.7 Å². The summed E-state index contributed by atoms with van der Waals surface area (Å²) < 4.78 is 7.82. The fourth-order valence-corrected chi connectivity index (χ4v) is 4.98. The van der Waals surface area contributed by atoms with Crippen molar-refractivity contribution >= 4 is 23.4 Å². The maximum Gasteiger partial charge on any atom is 0.322 e. The number of para-hydroxylation sites is 1. The number of rotatable bonds is 6. The molecule has 2 bridgehead atoms. The zero-order chi connectivity index (χ0) is 22.2. The van der Waals surface area contributed by atoms with Gasteiger partial charge in [0.15, 0.2) is 0 Å². The van der Waals surface area contributed by atoms with Gasteiger partial charge in [-0.15, -0.1) is 5.10 Å². The zero-order valence-corrected chi connectivity index (χ0v) is 19.3. The number of anilines is 2. The molecular weight excluding hydrogens is 426 g/mol. The van der Waals surface area contributed by atoms with E-state index in [1.165, 1.54) is 12.8 Å². The van der Waals surface area contributed by atoms with Crippen molar-refractivity contribution in [3.05, 3.63) is 47.4 Å². The van der Waals surface area contributed by atoms with E-state index in [2.05, 4.69) is 45.1 Å². The average molecular weight is 454 g/mol. The summed E-state index contributed by atoms with van der Waals surface area (Å²) >= 11 is 6.28. The van der Waals surface area contributed by atoms with Gasteiger partial charge in [0, 0.05) is 30.9 Å². The van der Waals surface area contributed by atoms with Crippen molar-refractivity contribution in [2.75, 3.05) is 23.3 Å². The van der Waals surface area contributed by atoms with Crippen LogP contribution >= 0.6 is 11.6 Å². The van der Waals surface area contributed by atoms with Crippen molar-refractivity contribution in [1.29, 1.82) is 0 Å². The summed E-state index contributed by atoms with van der Waals surface area (Å²) in [5, 5.41) is 8.88. The highest BCUT2D eigenvalue weighted by molar-refractivity contribution is 6.32. The van der Waals surface area contributed by atoms with Gasteiger partial charge in [-0.25, -0.2) is 14.6 Å². The molecule has 0 radical (unpaired) electrons. The molecule has 3 atom stereocenters. The summed E-state index contributed by atoms with van der Waals surface area (Å²) in [7, 11) is 0. The first-order valence-corrected chi connectivity index (χ1v) is 11.5. The van der Waals surface area contributed by atoms with Gasteiger partial charge in [0.2, 0.25) is 5.95 Å². The highest BCUT2D eigenvalue weighted by Gasteiger charge is 2.43. The summed E-state index contributed by atoms with van der Waals surface area (Å²) in [6.07, 6.45) is 4.04. The van der Waals surface area contributed by atoms with Gasteiger partial charge < -0.3 is 15.0 Å². The minimum atomic E-state index is 0.107. The Balaban J connectivity index is 1.33. The second-order valence-electron chi connectivity index (χ2n) is 8.98. The first-order valence-electron chi connectivity index (χ1n) is 11.2. The van der Waals surface area contributed by atoms with Crippen molar-refractivity contribution in [3.8, 4) is 11.8 Å². The summed E-state index contributed by atoms with van der Waals surface area (Å²) in [6, 6.07) is 10.4. The standard InChI is InChI=1S/C23H28ClN7O/c1-14(2)31-23(32-19-7-5-4-6-18(19)24)28-22(29-31)27-21-16-8-9-17(21)12-30(11-16)20-10-15(3)25-13-26-20/h4-7,10,13-14,16-17,21H,8-9,11-12H2,1-3H3,(H,27,29)/t16-,17+,21?. The summed E-state index contributed by atoms with van der Waals surface area (Å²) in [5.41, 5.74) is 0.997. The number of fused-ring (bicyclic) bond motifs is 2.